The lowest BCUT2D eigenvalue weighted by atomic mass is 9.73. The van der Waals surface area contributed by atoms with Gasteiger partial charge in [0.15, 0.2) is 6.20 Å². The first kappa shape index (κ1) is 14.0. The molecule has 1 aromatic heterocycles. The van der Waals surface area contributed by atoms with Crippen LogP contribution in [0.25, 0.3) is 11.3 Å². The molecule has 0 amide bonds. The fraction of sp³-hybridized carbons (Fsp3) is 0.476. The van der Waals surface area contributed by atoms with Crippen LogP contribution in [0, 0.1) is 12.8 Å². The van der Waals surface area contributed by atoms with Gasteiger partial charge in [-0.2, -0.15) is 0 Å². The molecule has 3 rings (SSSR count). The lowest BCUT2D eigenvalue weighted by Crippen LogP contribution is -2.34. The van der Waals surface area contributed by atoms with Crippen LogP contribution < -0.4 is 4.57 Å². The minimum Gasteiger partial charge on any atom is -0.201 e. The maximum Gasteiger partial charge on any atom is 0.212 e. The van der Waals surface area contributed by atoms with E-state index in [-0.39, 0.29) is 0 Å². The summed E-state index contributed by atoms with van der Waals surface area (Å²) in [6.07, 6.45) is 4.34. The number of nitrogens with zero attached hydrogens (tertiary/aromatic N) is 1. The van der Waals surface area contributed by atoms with Gasteiger partial charge in [0.2, 0.25) is 5.69 Å². The molecular weight excluding hydrogens is 266 g/mol. The third-order valence-corrected chi connectivity index (χ3v) is 5.15. The van der Waals surface area contributed by atoms with Crippen LogP contribution >= 0.6 is 0 Å². The minimum atomic E-state index is -0.465. The number of fused-ring (bicyclic) bond motifs is 1. The van der Waals surface area contributed by atoms with Crippen LogP contribution in [0.1, 0.15) is 63.5 Å². The van der Waals surface area contributed by atoms with Gasteiger partial charge in [0, 0.05) is 18.6 Å². The van der Waals surface area contributed by atoms with Gasteiger partial charge in [-0.15, -0.1) is 0 Å². The van der Waals surface area contributed by atoms with Crippen molar-refractivity contribution in [1.29, 1.82) is 0 Å². The largest absolute Gasteiger partial charge is 0.212 e. The molecule has 2 unspecified atom stereocenters. The Labute approximate surface area is 136 Å². The van der Waals surface area contributed by atoms with Crippen molar-refractivity contribution in [3.8, 4) is 11.3 Å². The zero-order valence-electron chi connectivity index (χ0n) is 15.5. The van der Waals surface area contributed by atoms with E-state index in [0.717, 1.165) is 12.8 Å². The summed E-state index contributed by atoms with van der Waals surface area (Å²) in [6.45, 7) is 8.83. The lowest BCUT2D eigenvalue weighted by molar-refractivity contribution is -0.661. The molecule has 2 aromatic rings. The van der Waals surface area contributed by atoms with Gasteiger partial charge in [-0.05, 0) is 54.7 Å². The van der Waals surface area contributed by atoms with Crippen LogP contribution in [0.4, 0.5) is 0 Å². The highest BCUT2D eigenvalue weighted by Crippen LogP contribution is 2.42. The maximum absolute atomic E-state index is 9.12. The molecule has 0 aliphatic heterocycles. The van der Waals surface area contributed by atoms with Crippen LogP contribution in [0.15, 0.2) is 36.5 Å². The Morgan fingerprint density at radius 3 is 2.59 bits per heavy atom. The van der Waals surface area contributed by atoms with Gasteiger partial charge >= 0.3 is 0 Å². The average molecular weight is 295 g/mol. The van der Waals surface area contributed by atoms with E-state index in [4.69, 9.17) is 1.37 Å². The van der Waals surface area contributed by atoms with E-state index in [1.807, 2.05) is 0 Å². The third-order valence-electron chi connectivity index (χ3n) is 5.15. The second kappa shape index (κ2) is 5.87. The smallest absolute Gasteiger partial charge is 0.201 e. The Balaban J connectivity index is 2.25. The monoisotopic (exact) mass is 295 g/mol. The van der Waals surface area contributed by atoms with E-state index in [1.165, 1.54) is 27.9 Å². The van der Waals surface area contributed by atoms with Gasteiger partial charge in [0.05, 0.1) is 0 Å². The molecular formula is C21H28N+. The summed E-state index contributed by atoms with van der Waals surface area (Å²) in [5, 5.41) is 0. The van der Waals surface area contributed by atoms with Crippen LogP contribution in [0.2, 0.25) is 0 Å². The van der Waals surface area contributed by atoms with Gasteiger partial charge in [0.25, 0.3) is 0 Å². The van der Waals surface area contributed by atoms with Crippen molar-refractivity contribution < 1.29 is 5.94 Å². The standard InChI is InChI=1S/C21H28N/c1-14(2)17-11-10-16(4)20-13-22(5)21(12-19(17)20)18-9-7-6-8-15(18)3/h6-9,12-14,16-17H,10-11H2,1-5H3/q+1/i17D. The second-order valence-corrected chi connectivity index (χ2v) is 7.07. The zero-order valence-corrected chi connectivity index (χ0v) is 14.5. The molecule has 1 aliphatic rings. The van der Waals surface area contributed by atoms with Crippen molar-refractivity contribution in [3.63, 3.8) is 0 Å². The first-order valence-corrected chi connectivity index (χ1v) is 8.44. The van der Waals surface area contributed by atoms with Gasteiger partial charge in [-0.1, -0.05) is 39.0 Å². The summed E-state index contributed by atoms with van der Waals surface area (Å²) in [6, 6.07) is 10.8. The van der Waals surface area contributed by atoms with Gasteiger partial charge in [0.1, 0.15) is 7.05 Å². The maximum atomic E-state index is 9.12. The molecule has 0 saturated heterocycles. The van der Waals surface area contributed by atoms with E-state index in [9.17, 15) is 0 Å². The number of hydrogen-bond donors (Lipinski definition) is 0. The molecule has 1 aliphatic carbocycles. The predicted molar refractivity (Wildman–Crippen MR) is 93.0 cm³/mol. The molecule has 1 nitrogen and oxygen atoms in total. The molecule has 2 atom stereocenters. The topological polar surface area (TPSA) is 3.88 Å². The predicted octanol–water partition coefficient (Wildman–Crippen LogP) is 5.12. The first-order valence-electron chi connectivity index (χ1n) is 8.94. The molecule has 1 aromatic carbocycles. The first-order chi connectivity index (χ1) is 10.8. The number of pyridine rings is 1. The van der Waals surface area contributed by atoms with E-state index in [0.29, 0.717) is 11.8 Å². The lowest BCUT2D eigenvalue weighted by Gasteiger charge is -2.31. The molecule has 22 heavy (non-hydrogen) atoms. The van der Waals surface area contributed by atoms with Crippen molar-refractivity contribution in [1.82, 2.24) is 0 Å². The van der Waals surface area contributed by atoms with Crippen molar-refractivity contribution in [2.24, 2.45) is 13.0 Å². The van der Waals surface area contributed by atoms with Crippen LogP contribution in [0.3, 0.4) is 0 Å². The van der Waals surface area contributed by atoms with Crippen molar-refractivity contribution in [3.05, 3.63) is 53.2 Å². The van der Waals surface area contributed by atoms with Gasteiger partial charge < -0.3 is 0 Å². The highest BCUT2D eigenvalue weighted by molar-refractivity contribution is 5.62. The average Bonchev–Trinajstić information content (AvgIpc) is 2.51. The number of aromatic nitrogens is 1. The molecule has 0 saturated carbocycles. The van der Waals surface area contributed by atoms with Crippen LogP contribution in [0.5, 0.6) is 0 Å². The number of rotatable bonds is 2. The molecule has 0 N–H and O–H groups in total. The van der Waals surface area contributed by atoms with Gasteiger partial charge in [-0.3, -0.25) is 0 Å². The van der Waals surface area contributed by atoms with Crippen LogP contribution in [-0.2, 0) is 7.05 Å². The summed E-state index contributed by atoms with van der Waals surface area (Å²) in [4.78, 5) is 0. The fourth-order valence-corrected chi connectivity index (χ4v) is 3.73. The Kier molecular flexibility index (Phi) is 3.73. The van der Waals surface area contributed by atoms with Crippen molar-refractivity contribution >= 4 is 0 Å². The van der Waals surface area contributed by atoms with Crippen molar-refractivity contribution in [2.75, 3.05) is 0 Å². The third kappa shape index (κ3) is 2.58. The highest BCUT2D eigenvalue weighted by Gasteiger charge is 2.30. The molecule has 0 fully saturated rings. The molecule has 0 radical (unpaired) electrons. The summed E-state index contributed by atoms with van der Waals surface area (Å²) in [5.41, 5.74) is 6.37. The molecule has 1 heterocycles. The summed E-state index contributed by atoms with van der Waals surface area (Å²) >= 11 is 0. The van der Waals surface area contributed by atoms with E-state index in [1.54, 1.807) is 0 Å². The van der Waals surface area contributed by atoms with E-state index >= 15 is 0 Å². The molecule has 0 bridgehead atoms. The Morgan fingerprint density at radius 2 is 1.91 bits per heavy atom. The second-order valence-electron chi connectivity index (χ2n) is 7.07. The number of benzene rings is 1. The molecule has 1 heteroatoms. The Morgan fingerprint density at radius 1 is 1.18 bits per heavy atom. The highest BCUT2D eigenvalue weighted by atomic mass is 14.9. The van der Waals surface area contributed by atoms with Crippen molar-refractivity contribution in [2.45, 2.75) is 52.3 Å². The molecule has 0 spiro atoms. The van der Waals surface area contributed by atoms with E-state index in [2.05, 4.69) is 75.8 Å². The Hall–Kier alpha value is -1.63. The summed E-state index contributed by atoms with van der Waals surface area (Å²) < 4.78 is 11.4. The normalized spacial score (nSPS) is 25.0. The fourth-order valence-electron chi connectivity index (χ4n) is 3.73. The SMILES string of the molecule is [2H]C1(C(C)C)CCC(C)c2c[n+](C)c(-c3ccccc3C)cc21. The minimum absolute atomic E-state index is 0.325. The van der Waals surface area contributed by atoms with E-state index < -0.39 is 5.89 Å². The number of hydrogen-bond acceptors (Lipinski definition) is 0. The number of aryl methyl sites for hydroxylation is 2. The van der Waals surface area contributed by atoms with Gasteiger partial charge in [-0.25, -0.2) is 4.57 Å². The zero-order chi connectivity index (χ0) is 16.8. The quantitative estimate of drug-likeness (QED) is 0.677. The summed E-state index contributed by atoms with van der Waals surface area (Å²) in [7, 11) is 2.13. The molecule has 116 valence electrons. The van der Waals surface area contributed by atoms with Crippen LogP contribution in [-0.4, -0.2) is 0 Å². The Bertz CT molecular complexity index is 735. The summed E-state index contributed by atoms with van der Waals surface area (Å²) in [5.74, 6) is 0.401.